The summed E-state index contributed by atoms with van der Waals surface area (Å²) >= 11 is 1.72. The molecule has 2 aromatic rings. The molecule has 1 N–H and O–H groups in total. The highest BCUT2D eigenvalue weighted by Crippen LogP contribution is 2.28. The summed E-state index contributed by atoms with van der Waals surface area (Å²) in [5.41, 5.74) is 0. The van der Waals surface area contributed by atoms with Crippen molar-refractivity contribution in [2.45, 2.75) is 51.6 Å². The van der Waals surface area contributed by atoms with E-state index in [0.717, 1.165) is 28.0 Å². The van der Waals surface area contributed by atoms with E-state index < -0.39 is 0 Å². The summed E-state index contributed by atoms with van der Waals surface area (Å²) in [6.07, 6.45) is 8.68. The predicted octanol–water partition coefficient (Wildman–Crippen LogP) is 4.13. The molecule has 0 saturated heterocycles. The maximum absolute atomic E-state index is 5.63. The SMILES string of the molecule is Cc1ccc(-c2cnc(CNC3CCCCC3)s2)o1. The third kappa shape index (κ3) is 3.25. The van der Waals surface area contributed by atoms with E-state index in [-0.39, 0.29) is 0 Å². The van der Waals surface area contributed by atoms with Gasteiger partial charge in [0.15, 0.2) is 0 Å². The zero-order valence-electron chi connectivity index (χ0n) is 11.3. The van der Waals surface area contributed by atoms with Gasteiger partial charge >= 0.3 is 0 Å². The molecule has 0 aromatic carbocycles. The van der Waals surface area contributed by atoms with Gasteiger partial charge in [0.25, 0.3) is 0 Å². The van der Waals surface area contributed by atoms with Crippen LogP contribution in [0, 0.1) is 6.92 Å². The van der Waals surface area contributed by atoms with Gasteiger partial charge in [-0.3, -0.25) is 0 Å². The molecule has 1 saturated carbocycles. The van der Waals surface area contributed by atoms with Crippen LogP contribution in [-0.4, -0.2) is 11.0 Å². The molecule has 0 bridgehead atoms. The van der Waals surface area contributed by atoms with Crippen molar-refractivity contribution in [3.8, 4) is 10.6 Å². The van der Waals surface area contributed by atoms with E-state index in [1.165, 1.54) is 32.1 Å². The number of furan rings is 1. The topological polar surface area (TPSA) is 38.1 Å². The van der Waals surface area contributed by atoms with E-state index in [9.17, 15) is 0 Å². The van der Waals surface area contributed by atoms with E-state index in [1.54, 1.807) is 11.3 Å². The van der Waals surface area contributed by atoms with E-state index >= 15 is 0 Å². The van der Waals surface area contributed by atoms with E-state index in [1.807, 2.05) is 25.3 Å². The summed E-state index contributed by atoms with van der Waals surface area (Å²) < 4.78 is 5.63. The van der Waals surface area contributed by atoms with Gasteiger partial charge in [-0.15, -0.1) is 11.3 Å². The monoisotopic (exact) mass is 276 g/mol. The first-order chi connectivity index (χ1) is 9.31. The Labute approximate surface area is 118 Å². The maximum Gasteiger partial charge on any atom is 0.145 e. The maximum atomic E-state index is 5.63. The molecule has 0 spiro atoms. The first kappa shape index (κ1) is 12.9. The lowest BCUT2D eigenvalue weighted by Crippen LogP contribution is -2.30. The van der Waals surface area contributed by atoms with Crippen molar-refractivity contribution in [3.05, 3.63) is 29.1 Å². The Morgan fingerprint density at radius 1 is 1.32 bits per heavy atom. The first-order valence-electron chi connectivity index (χ1n) is 7.06. The molecule has 1 aliphatic carbocycles. The van der Waals surface area contributed by atoms with E-state index in [2.05, 4.69) is 10.3 Å². The van der Waals surface area contributed by atoms with E-state index in [0.29, 0.717) is 6.04 Å². The van der Waals surface area contributed by atoms with Gasteiger partial charge in [-0.1, -0.05) is 19.3 Å². The van der Waals surface area contributed by atoms with Gasteiger partial charge in [-0.2, -0.15) is 0 Å². The third-order valence-corrected chi connectivity index (χ3v) is 4.70. The molecule has 102 valence electrons. The van der Waals surface area contributed by atoms with Crippen LogP contribution in [0.5, 0.6) is 0 Å². The average molecular weight is 276 g/mol. The minimum atomic E-state index is 0.687. The van der Waals surface area contributed by atoms with Gasteiger partial charge in [0.1, 0.15) is 16.5 Å². The van der Waals surface area contributed by atoms with Crippen molar-refractivity contribution in [1.82, 2.24) is 10.3 Å². The Bertz CT molecular complexity index is 526. The highest BCUT2D eigenvalue weighted by atomic mass is 32.1. The Morgan fingerprint density at radius 2 is 2.16 bits per heavy atom. The van der Waals surface area contributed by atoms with Crippen LogP contribution in [0.2, 0.25) is 0 Å². The van der Waals surface area contributed by atoms with Gasteiger partial charge in [0, 0.05) is 18.8 Å². The standard InChI is InChI=1S/C15H20N2OS/c1-11-7-8-13(18-11)14-9-17-15(19-14)10-16-12-5-3-2-4-6-12/h7-9,12,16H,2-6,10H2,1H3. The molecule has 2 aromatic heterocycles. The highest BCUT2D eigenvalue weighted by Gasteiger charge is 2.14. The molecule has 3 rings (SSSR count). The predicted molar refractivity (Wildman–Crippen MR) is 78.3 cm³/mol. The lowest BCUT2D eigenvalue weighted by molar-refractivity contribution is 0.372. The van der Waals surface area contributed by atoms with Crippen LogP contribution < -0.4 is 5.32 Å². The number of rotatable bonds is 4. The zero-order chi connectivity index (χ0) is 13.1. The van der Waals surface area contributed by atoms with Crippen LogP contribution in [0.4, 0.5) is 0 Å². The second-order valence-corrected chi connectivity index (χ2v) is 6.36. The lowest BCUT2D eigenvalue weighted by atomic mass is 9.96. The van der Waals surface area contributed by atoms with Crippen molar-refractivity contribution >= 4 is 11.3 Å². The van der Waals surface area contributed by atoms with Crippen LogP contribution >= 0.6 is 11.3 Å². The van der Waals surface area contributed by atoms with Crippen molar-refractivity contribution in [2.24, 2.45) is 0 Å². The number of nitrogens with zero attached hydrogens (tertiary/aromatic N) is 1. The fraction of sp³-hybridized carbons (Fsp3) is 0.533. The molecule has 2 heterocycles. The molecule has 0 atom stereocenters. The fourth-order valence-corrected chi connectivity index (χ4v) is 3.44. The number of aromatic nitrogens is 1. The smallest absolute Gasteiger partial charge is 0.145 e. The average Bonchev–Trinajstić information content (AvgIpc) is 3.06. The molecule has 19 heavy (non-hydrogen) atoms. The number of nitrogens with one attached hydrogen (secondary N) is 1. The summed E-state index contributed by atoms with van der Waals surface area (Å²) in [5, 5.41) is 4.77. The van der Waals surface area contributed by atoms with Crippen molar-refractivity contribution in [3.63, 3.8) is 0 Å². The Balaban J connectivity index is 1.58. The van der Waals surface area contributed by atoms with Crippen molar-refractivity contribution in [1.29, 1.82) is 0 Å². The van der Waals surface area contributed by atoms with Crippen LogP contribution in [0.1, 0.15) is 42.9 Å². The van der Waals surface area contributed by atoms with Crippen molar-refractivity contribution in [2.75, 3.05) is 0 Å². The largest absolute Gasteiger partial charge is 0.460 e. The van der Waals surface area contributed by atoms with Gasteiger partial charge < -0.3 is 9.73 Å². The molecular formula is C15H20N2OS. The van der Waals surface area contributed by atoms with Crippen molar-refractivity contribution < 1.29 is 4.42 Å². The molecule has 0 aliphatic heterocycles. The van der Waals surface area contributed by atoms with Gasteiger partial charge in [-0.25, -0.2) is 4.98 Å². The van der Waals surface area contributed by atoms with Crippen LogP contribution in [0.15, 0.2) is 22.7 Å². The third-order valence-electron chi connectivity index (χ3n) is 3.68. The van der Waals surface area contributed by atoms with Crippen LogP contribution in [-0.2, 0) is 6.54 Å². The Kier molecular flexibility index (Phi) is 3.99. The highest BCUT2D eigenvalue weighted by molar-refractivity contribution is 7.15. The van der Waals surface area contributed by atoms with Crippen LogP contribution in [0.25, 0.3) is 10.6 Å². The summed E-state index contributed by atoms with van der Waals surface area (Å²) in [6, 6.07) is 4.70. The summed E-state index contributed by atoms with van der Waals surface area (Å²) in [7, 11) is 0. The lowest BCUT2D eigenvalue weighted by Gasteiger charge is -2.22. The minimum Gasteiger partial charge on any atom is -0.460 e. The fourth-order valence-electron chi connectivity index (χ4n) is 2.61. The van der Waals surface area contributed by atoms with Crippen LogP contribution in [0.3, 0.4) is 0 Å². The second kappa shape index (κ2) is 5.88. The number of hydrogen-bond donors (Lipinski definition) is 1. The molecule has 3 nitrogen and oxygen atoms in total. The van der Waals surface area contributed by atoms with Gasteiger partial charge in [0.05, 0.1) is 4.88 Å². The summed E-state index contributed by atoms with van der Waals surface area (Å²) in [5.74, 6) is 1.88. The molecule has 0 unspecified atom stereocenters. The molecule has 4 heteroatoms. The molecular weight excluding hydrogens is 256 g/mol. The Hall–Kier alpha value is -1.13. The van der Waals surface area contributed by atoms with Gasteiger partial charge in [0.2, 0.25) is 0 Å². The quantitative estimate of drug-likeness (QED) is 0.912. The molecule has 1 aliphatic rings. The zero-order valence-corrected chi connectivity index (χ0v) is 12.1. The number of thiazole rings is 1. The summed E-state index contributed by atoms with van der Waals surface area (Å²) in [4.78, 5) is 5.60. The minimum absolute atomic E-state index is 0.687. The van der Waals surface area contributed by atoms with E-state index in [4.69, 9.17) is 4.42 Å². The molecule has 1 fully saturated rings. The first-order valence-corrected chi connectivity index (χ1v) is 7.88. The Morgan fingerprint density at radius 3 is 2.89 bits per heavy atom. The normalized spacial score (nSPS) is 16.9. The molecule has 0 amide bonds. The van der Waals surface area contributed by atoms with Gasteiger partial charge in [-0.05, 0) is 31.9 Å². The second-order valence-electron chi connectivity index (χ2n) is 5.24. The number of hydrogen-bond acceptors (Lipinski definition) is 4. The molecule has 0 radical (unpaired) electrons. The number of aryl methyl sites for hydroxylation is 1. The summed E-state index contributed by atoms with van der Waals surface area (Å²) in [6.45, 7) is 2.85.